The number of nitrogens with zero attached hydrogens (tertiary/aromatic N) is 2. The molecular formula is C18H33N5O2. The van der Waals surface area contributed by atoms with Gasteiger partial charge in [-0.2, -0.15) is 0 Å². The van der Waals surface area contributed by atoms with Crippen molar-refractivity contribution in [1.82, 2.24) is 15.5 Å². The third-order valence-electron chi connectivity index (χ3n) is 5.13. The van der Waals surface area contributed by atoms with Crippen molar-refractivity contribution >= 4 is 17.8 Å². The highest BCUT2D eigenvalue weighted by Crippen LogP contribution is 2.19. The molecule has 1 atom stereocenters. The zero-order valence-corrected chi connectivity index (χ0v) is 15.4. The van der Waals surface area contributed by atoms with Crippen LogP contribution in [0.25, 0.3) is 0 Å². The largest absolute Gasteiger partial charge is 0.370 e. The van der Waals surface area contributed by atoms with E-state index in [1.807, 2.05) is 0 Å². The van der Waals surface area contributed by atoms with Gasteiger partial charge in [0.25, 0.3) is 0 Å². The highest BCUT2D eigenvalue weighted by atomic mass is 16.2. The maximum atomic E-state index is 12.1. The Hall–Kier alpha value is -1.79. The summed E-state index contributed by atoms with van der Waals surface area (Å²) in [6.45, 7) is 2.28. The lowest BCUT2D eigenvalue weighted by atomic mass is 9.95. The fourth-order valence-electron chi connectivity index (χ4n) is 3.88. The SMILES string of the molecule is CN=C(NCCC(=O)NC1CCCCC1)N1CCCC(CC(N)=O)C1. The molecule has 4 N–H and O–H groups in total. The lowest BCUT2D eigenvalue weighted by Gasteiger charge is -2.34. The minimum absolute atomic E-state index is 0.111. The molecule has 0 aromatic carbocycles. The van der Waals surface area contributed by atoms with Gasteiger partial charge in [0.2, 0.25) is 11.8 Å². The first-order valence-electron chi connectivity index (χ1n) is 9.61. The number of carbonyl (C=O) groups is 2. The van der Waals surface area contributed by atoms with E-state index < -0.39 is 0 Å². The molecule has 2 aliphatic rings. The normalized spacial score (nSPS) is 22.5. The van der Waals surface area contributed by atoms with Crippen LogP contribution in [0.4, 0.5) is 0 Å². The van der Waals surface area contributed by atoms with E-state index in [9.17, 15) is 9.59 Å². The number of hydrogen-bond donors (Lipinski definition) is 3. The van der Waals surface area contributed by atoms with Crippen LogP contribution in [0.1, 0.15) is 57.8 Å². The second-order valence-corrected chi connectivity index (χ2v) is 7.25. The van der Waals surface area contributed by atoms with E-state index in [-0.39, 0.29) is 11.8 Å². The van der Waals surface area contributed by atoms with Gasteiger partial charge >= 0.3 is 0 Å². The number of rotatable bonds is 6. The molecule has 2 rings (SSSR count). The molecule has 7 heteroatoms. The number of piperidine rings is 1. The van der Waals surface area contributed by atoms with Gasteiger partial charge in [-0.1, -0.05) is 19.3 Å². The molecule has 2 fully saturated rings. The van der Waals surface area contributed by atoms with Crippen molar-refractivity contribution in [3.63, 3.8) is 0 Å². The van der Waals surface area contributed by atoms with Gasteiger partial charge in [0.15, 0.2) is 5.96 Å². The Bertz CT molecular complexity index is 474. The van der Waals surface area contributed by atoms with Crippen LogP contribution in [0.15, 0.2) is 4.99 Å². The van der Waals surface area contributed by atoms with Gasteiger partial charge in [-0.05, 0) is 31.6 Å². The molecule has 0 bridgehead atoms. The molecule has 142 valence electrons. The second-order valence-electron chi connectivity index (χ2n) is 7.25. The summed E-state index contributed by atoms with van der Waals surface area (Å²) in [4.78, 5) is 29.7. The molecule has 0 aromatic rings. The molecule has 0 spiro atoms. The van der Waals surface area contributed by atoms with Crippen molar-refractivity contribution in [2.24, 2.45) is 16.6 Å². The van der Waals surface area contributed by atoms with Gasteiger partial charge in [-0.25, -0.2) is 0 Å². The van der Waals surface area contributed by atoms with Gasteiger partial charge in [-0.3, -0.25) is 14.6 Å². The molecule has 7 nitrogen and oxygen atoms in total. The average molecular weight is 351 g/mol. The molecule has 1 aliphatic carbocycles. The summed E-state index contributed by atoms with van der Waals surface area (Å²) < 4.78 is 0. The number of carbonyl (C=O) groups excluding carboxylic acids is 2. The van der Waals surface area contributed by atoms with E-state index in [1.54, 1.807) is 7.05 Å². The third-order valence-corrected chi connectivity index (χ3v) is 5.13. The van der Waals surface area contributed by atoms with Crippen LogP contribution in [-0.4, -0.2) is 55.4 Å². The topological polar surface area (TPSA) is 99.8 Å². The molecule has 1 saturated heterocycles. The van der Waals surface area contributed by atoms with Crippen LogP contribution in [0, 0.1) is 5.92 Å². The molecule has 1 saturated carbocycles. The Kier molecular flexibility index (Phi) is 8.01. The molecule has 0 radical (unpaired) electrons. The molecule has 0 aromatic heterocycles. The Morgan fingerprint density at radius 1 is 1.16 bits per heavy atom. The Labute approximate surface area is 150 Å². The van der Waals surface area contributed by atoms with Gasteiger partial charge in [0.1, 0.15) is 0 Å². The number of primary amides is 1. The van der Waals surface area contributed by atoms with E-state index in [2.05, 4.69) is 20.5 Å². The average Bonchev–Trinajstić information content (AvgIpc) is 2.59. The van der Waals surface area contributed by atoms with Crippen molar-refractivity contribution < 1.29 is 9.59 Å². The maximum Gasteiger partial charge on any atom is 0.221 e. The molecular weight excluding hydrogens is 318 g/mol. The first kappa shape index (κ1) is 19.5. The summed E-state index contributed by atoms with van der Waals surface area (Å²) in [6.07, 6.45) is 8.88. The van der Waals surface area contributed by atoms with Crippen LogP contribution in [0.5, 0.6) is 0 Å². The van der Waals surface area contributed by atoms with Crippen molar-refractivity contribution in [1.29, 1.82) is 0 Å². The number of nitrogens with two attached hydrogens (primary N) is 1. The van der Waals surface area contributed by atoms with Crippen LogP contribution >= 0.6 is 0 Å². The number of hydrogen-bond acceptors (Lipinski definition) is 3. The van der Waals surface area contributed by atoms with Crippen LogP contribution in [0.2, 0.25) is 0 Å². The van der Waals surface area contributed by atoms with E-state index in [1.165, 1.54) is 19.3 Å². The number of likely N-dealkylation sites (tertiary alicyclic amines) is 1. The fraction of sp³-hybridized carbons (Fsp3) is 0.833. The van der Waals surface area contributed by atoms with E-state index in [0.717, 1.165) is 44.7 Å². The first-order chi connectivity index (χ1) is 12.1. The summed E-state index contributed by atoms with van der Waals surface area (Å²) in [5, 5.41) is 6.42. The zero-order valence-electron chi connectivity index (χ0n) is 15.4. The smallest absolute Gasteiger partial charge is 0.221 e. The molecule has 1 unspecified atom stereocenters. The summed E-state index contributed by atoms with van der Waals surface area (Å²) in [7, 11) is 1.75. The number of amides is 2. The summed E-state index contributed by atoms with van der Waals surface area (Å²) in [5.74, 6) is 0.966. The van der Waals surface area contributed by atoms with Gasteiger partial charge < -0.3 is 21.3 Å². The van der Waals surface area contributed by atoms with Gasteiger partial charge in [0, 0.05) is 45.6 Å². The second kappa shape index (κ2) is 10.3. The highest BCUT2D eigenvalue weighted by Gasteiger charge is 2.23. The van der Waals surface area contributed by atoms with Crippen LogP contribution < -0.4 is 16.4 Å². The van der Waals surface area contributed by atoms with E-state index >= 15 is 0 Å². The minimum Gasteiger partial charge on any atom is -0.370 e. The van der Waals surface area contributed by atoms with Crippen molar-refractivity contribution in [3.05, 3.63) is 0 Å². The van der Waals surface area contributed by atoms with E-state index in [0.29, 0.717) is 31.3 Å². The predicted octanol–water partition coefficient (Wildman–Crippen LogP) is 0.988. The number of guanidine groups is 1. The van der Waals surface area contributed by atoms with Crippen LogP contribution in [0.3, 0.4) is 0 Å². The fourth-order valence-corrected chi connectivity index (χ4v) is 3.88. The van der Waals surface area contributed by atoms with Gasteiger partial charge in [0.05, 0.1) is 0 Å². The van der Waals surface area contributed by atoms with Crippen molar-refractivity contribution in [3.8, 4) is 0 Å². The molecule has 1 aliphatic heterocycles. The predicted molar refractivity (Wildman–Crippen MR) is 99.1 cm³/mol. The van der Waals surface area contributed by atoms with Gasteiger partial charge in [-0.15, -0.1) is 0 Å². The molecule has 1 heterocycles. The lowest BCUT2D eigenvalue weighted by Crippen LogP contribution is -2.48. The highest BCUT2D eigenvalue weighted by molar-refractivity contribution is 5.81. The first-order valence-corrected chi connectivity index (χ1v) is 9.61. The third kappa shape index (κ3) is 6.92. The quantitative estimate of drug-likeness (QED) is 0.491. The van der Waals surface area contributed by atoms with Crippen molar-refractivity contribution in [2.45, 2.75) is 63.8 Å². The van der Waals surface area contributed by atoms with E-state index in [4.69, 9.17) is 5.73 Å². The molecule has 25 heavy (non-hydrogen) atoms. The monoisotopic (exact) mass is 351 g/mol. The standard InChI is InChI=1S/C18H33N5O2/c1-20-18(23-11-5-6-14(13-23)12-16(19)24)21-10-9-17(25)22-15-7-3-2-4-8-15/h14-15H,2-13H2,1H3,(H2,19,24)(H,20,21)(H,22,25). The maximum absolute atomic E-state index is 12.1. The zero-order chi connectivity index (χ0) is 18.1. The minimum atomic E-state index is -0.241. The lowest BCUT2D eigenvalue weighted by molar-refractivity contribution is -0.122. The summed E-state index contributed by atoms with van der Waals surface area (Å²) >= 11 is 0. The number of nitrogens with one attached hydrogen (secondary N) is 2. The Morgan fingerprint density at radius 3 is 2.60 bits per heavy atom. The number of aliphatic imine (C=N–C) groups is 1. The molecule has 2 amide bonds. The summed E-state index contributed by atoms with van der Waals surface area (Å²) in [6, 6.07) is 0.359. The Balaban J connectivity index is 1.70. The van der Waals surface area contributed by atoms with Crippen molar-refractivity contribution in [2.75, 3.05) is 26.7 Å². The Morgan fingerprint density at radius 2 is 1.92 bits per heavy atom. The van der Waals surface area contributed by atoms with Crippen LogP contribution in [-0.2, 0) is 9.59 Å². The summed E-state index contributed by atoms with van der Waals surface area (Å²) in [5.41, 5.74) is 5.32.